The van der Waals surface area contributed by atoms with Gasteiger partial charge in [0.15, 0.2) is 0 Å². The van der Waals surface area contributed by atoms with Crippen LogP contribution in [0.2, 0.25) is 0 Å². The van der Waals surface area contributed by atoms with Crippen LogP contribution in [0.4, 0.5) is 5.95 Å². The minimum absolute atomic E-state index is 0.188. The second-order valence-corrected chi connectivity index (χ2v) is 5.55. The molecule has 5 nitrogen and oxygen atoms in total. The summed E-state index contributed by atoms with van der Waals surface area (Å²) in [7, 11) is 0. The monoisotopic (exact) mass is 290 g/mol. The average Bonchev–Trinajstić information content (AvgIpc) is 2.80. The number of para-hydroxylation sites is 1. The number of aromatic nitrogens is 3. The number of hydrogen-bond acceptors (Lipinski definition) is 4. The van der Waals surface area contributed by atoms with E-state index in [4.69, 9.17) is 17.0 Å². The zero-order chi connectivity index (χ0) is 14.1. The molecule has 1 aromatic heterocycles. The first-order valence-electron chi connectivity index (χ1n) is 6.78. The summed E-state index contributed by atoms with van der Waals surface area (Å²) in [5.41, 5.74) is 1.02. The van der Waals surface area contributed by atoms with Crippen molar-refractivity contribution in [1.82, 2.24) is 14.8 Å². The molecule has 1 saturated heterocycles. The Kier molecular flexibility index (Phi) is 3.58. The Labute approximate surface area is 123 Å². The van der Waals surface area contributed by atoms with E-state index in [0.717, 1.165) is 24.7 Å². The summed E-state index contributed by atoms with van der Waals surface area (Å²) in [4.78, 5) is 2.22. The van der Waals surface area contributed by atoms with Crippen LogP contribution in [0.3, 0.4) is 0 Å². The molecule has 1 aliphatic heterocycles. The first kappa shape index (κ1) is 13.3. The fraction of sp³-hybridized carbons (Fsp3) is 0.429. The number of H-pyrrole nitrogens is 1. The molecule has 0 aliphatic carbocycles. The van der Waals surface area contributed by atoms with Crippen molar-refractivity contribution in [2.24, 2.45) is 0 Å². The normalized spacial score (nSPS) is 23.0. The summed E-state index contributed by atoms with van der Waals surface area (Å²) in [6, 6.07) is 10.0. The maximum atomic E-state index is 5.78. The van der Waals surface area contributed by atoms with Gasteiger partial charge in [-0.2, -0.15) is 0 Å². The minimum Gasteiger partial charge on any atom is -0.372 e. The summed E-state index contributed by atoms with van der Waals surface area (Å²) in [5.74, 6) is 0.850. The summed E-state index contributed by atoms with van der Waals surface area (Å²) in [6.07, 6.45) is 0.376. The summed E-state index contributed by atoms with van der Waals surface area (Å²) in [6.45, 7) is 5.79. The molecule has 1 fully saturated rings. The third-order valence-electron chi connectivity index (χ3n) is 3.37. The Bertz CT molecular complexity index is 626. The molecule has 0 bridgehead atoms. The maximum Gasteiger partial charge on any atom is 0.230 e. The third-order valence-corrected chi connectivity index (χ3v) is 3.65. The SMILES string of the molecule is CC1CN(c2n[nH]c(=S)n2-c2ccccc2)CC(C)O1. The van der Waals surface area contributed by atoms with Crippen LogP contribution in [0.15, 0.2) is 30.3 Å². The van der Waals surface area contributed by atoms with Crippen molar-refractivity contribution in [2.75, 3.05) is 18.0 Å². The first-order valence-corrected chi connectivity index (χ1v) is 7.19. The molecule has 1 aromatic carbocycles. The molecule has 0 saturated carbocycles. The van der Waals surface area contributed by atoms with Crippen molar-refractivity contribution in [2.45, 2.75) is 26.1 Å². The molecular formula is C14H18N4OS. The summed E-state index contributed by atoms with van der Waals surface area (Å²) < 4.78 is 8.36. The number of anilines is 1. The van der Waals surface area contributed by atoms with Gasteiger partial charge in [0.2, 0.25) is 10.7 Å². The molecule has 3 rings (SSSR count). The van der Waals surface area contributed by atoms with Crippen molar-refractivity contribution >= 4 is 18.2 Å². The van der Waals surface area contributed by atoms with Gasteiger partial charge in [0.1, 0.15) is 0 Å². The van der Waals surface area contributed by atoms with Crippen molar-refractivity contribution in [3.63, 3.8) is 0 Å². The number of morpholine rings is 1. The van der Waals surface area contributed by atoms with E-state index >= 15 is 0 Å². The first-order chi connectivity index (χ1) is 9.65. The largest absolute Gasteiger partial charge is 0.372 e. The van der Waals surface area contributed by atoms with E-state index in [1.165, 1.54) is 0 Å². The van der Waals surface area contributed by atoms with Crippen molar-refractivity contribution in [3.8, 4) is 5.69 Å². The van der Waals surface area contributed by atoms with Crippen LogP contribution in [-0.2, 0) is 4.74 Å². The van der Waals surface area contributed by atoms with Gasteiger partial charge < -0.3 is 9.64 Å². The minimum atomic E-state index is 0.188. The Balaban J connectivity index is 2.01. The molecule has 106 valence electrons. The van der Waals surface area contributed by atoms with Gasteiger partial charge in [-0.05, 0) is 38.2 Å². The number of benzene rings is 1. The van der Waals surface area contributed by atoms with Gasteiger partial charge >= 0.3 is 0 Å². The Morgan fingerprint density at radius 3 is 2.50 bits per heavy atom. The molecule has 6 heteroatoms. The predicted molar refractivity (Wildman–Crippen MR) is 81.0 cm³/mol. The third kappa shape index (κ3) is 2.48. The highest BCUT2D eigenvalue weighted by molar-refractivity contribution is 7.71. The van der Waals surface area contributed by atoms with Gasteiger partial charge in [0.25, 0.3) is 0 Å². The number of nitrogens with one attached hydrogen (secondary N) is 1. The summed E-state index contributed by atoms with van der Waals surface area (Å²) >= 11 is 5.37. The molecule has 2 atom stereocenters. The van der Waals surface area contributed by atoms with Crippen LogP contribution in [0.1, 0.15) is 13.8 Å². The highest BCUT2D eigenvalue weighted by Crippen LogP contribution is 2.22. The van der Waals surface area contributed by atoms with Gasteiger partial charge in [-0.3, -0.25) is 4.57 Å². The van der Waals surface area contributed by atoms with Gasteiger partial charge in [0, 0.05) is 13.1 Å². The van der Waals surface area contributed by atoms with Crippen LogP contribution in [0, 0.1) is 4.77 Å². The second-order valence-electron chi connectivity index (χ2n) is 5.16. The highest BCUT2D eigenvalue weighted by atomic mass is 32.1. The van der Waals surface area contributed by atoms with E-state index in [0.29, 0.717) is 4.77 Å². The van der Waals surface area contributed by atoms with Gasteiger partial charge in [0.05, 0.1) is 17.9 Å². The topological polar surface area (TPSA) is 46.1 Å². The Morgan fingerprint density at radius 1 is 1.20 bits per heavy atom. The van der Waals surface area contributed by atoms with Crippen LogP contribution < -0.4 is 4.90 Å². The molecule has 1 N–H and O–H groups in total. The van der Waals surface area contributed by atoms with Crippen molar-refractivity contribution in [3.05, 3.63) is 35.1 Å². The summed E-state index contributed by atoms with van der Waals surface area (Å²) in [5, 5.41) is 7.30. The lowest BCUT2D eigenvalue weighted by Gasteiger charge is -2.35. The van der Waals surface area contributed by atoms with Crippen molar-refractivity contribution in [1.29, 1.82) is 0 Å². The van der Waals surface area contributed by atoms with E-state index < -0.39 is 0 Å². The van der Waals surface area contributed by atoms with Crippen LogP contribution in [0.25, 0.3) is 5.69 Å². The van der Waals surface area contributed by atoms with Crippen LogP contribution >= 0.6 is 12.2 Å². The van der Waals surface area contributed by atoms with E-state index in [9.17, 15) is 0 Å². The molecule has 0 amide bonds. The molecule has 0 spiro atoms. The smallest absolute Gasteiger partial charge is 0.230 e. The van der Waals surface area contributed by atoms with E-state index in [1.807, 2.05) is 34.9 Å². The molecule has 2 unspecified atom stereocenters. The number of rotatable bonds is 2. The van der Waals surface area contributed by atoms with E-state index in [2.05, 4.69) is 28.9 Å². The molecule has 1 aliphatic rings. The zero-order valence-corrected chi connectivity index (χ0v) is 12.4. The standard InChI is InChI=1S/C14H18N4OS/c1-10-8-17(9-11(2)19-10)13-15-16-14(20)18(13)12-6-4-3-5-7-12/h3-7,10-11H,8-9H2,1-2H3,(H,16,20). The molecular weight excluding hydrogens is 272 g/mol. The maximum absolute atomic E-state index is 5.78. The average molecular weight is 290 g/mol. The lowest BCUT2D eigenvalue weighted by molar-refractivity contribution is -0.00581. The fourth-order valence-corrected chi connectivity index (χ4v) is 2.88. The Hall–Kier alpha value is -1.66. The number of ether oxygens (including phenoxy) is 1. The van der Waals surface area contributed by atoms with Crippen LogP contribution in [-0.4, -0.2) is 40.1 Å². The fourth-order valence-electron chi connectivity index (χ4n) is 2.65. The van der Waals surface area contributed by atoms with E-state index in [-0.39, 0.29) is 12.2 Å². The Morgan fingerprint density at radius 2 is 1.85 bits per heavy atom. The molecule has 0 radical (unpaired) electrons. The number of nitrogens with zero attached hydrogens (tertiary/aromatic N) is 3. The van der Waals surface area contributed by atoms with Crippen LogP contribution in [0.5, 0.6) is 0 Å². The zero-order valence-electron chi connectivity index (χ0n) is 11.6. The molecule has 2 aromatic rings. The van der Waals surface area contributed by atoms with Gasteiger partial charge in [-0.1, -0.05) is 18.2 Å². The molecule has 20 heavy (non-hydrogen) atoms. The predicted octanol–water partition coefficient (Wildman–Crippen LogP) is 2.54. The highest BCUT2D eigenvalue weighted by Gasteiger charge is 2.26. The lowest BCUT2D eigenvalue weighted by atomic mass is 10.2. The van der Waals surface area contributed by atoms with Gasteiger partial charge in [-0.15, -0.1) is 5.10 Å². The second kappa shape index (κ2) is 5.38. The van der Waals surface area contributed by atoms with E-state index in [1.54, 1.807) is 0 Å². The number of aromatic amines is 1. The number of hydrogen-bond donors (Lipinski definition) is 1. The lowest BCUT2D eigenvalue weighted by Crippen LogP contribution is -2.46. The molecule has 2 heterocycles. The van der Waals surface area contributed by atoms with Gasteiger partial charge in [-0.25, -0.2) is 5.10 Å². The quantitative estimate of drug-likeness (QED) is 0.863. The van der Waals surface area contributed by atoms with Crippen molar-refractivity contribution < 1.29 is 4.74 Å².